The van der Waals surface area contributed by atoms with Gasteiger partial charge in [0, 0.05) is 12.0 Å². The smallest absolute Gasteiger partial charge is 0.408 e. The molecule has 10 heteroatoms. The second-order valence-electron chi connectivity index (χ2n) is 12.0. The van der Waals surface area contributed by atoms with Crippen molar-refractivity contribution in [1.82, 2.24) is 15.5 Å². The molecule has 0 aromatic heterocycles. The maximum atomic E-state index is 14.7. The number of phenols is 1. The van der Waals surface area contributed by atoms with E-state index < -0.39 is 47.1 Å². The Kier molecular flexibility index (Phi) is 11.5. The first-order chi connectivity index (χ1) is 19.5. The fourth-order valence-electron chi connectivity index (χ4n) is 4.41. The lowest BCUT2D eigenvalue weighted by atomic mass is 9.89. The Bertz CT molecular complexity index is 1270. The van der Waals surface area contributed by atoms with Crippen LogP contribution < -0.4 is 10.6 Å². The quantitative estimate of drug-likeness (QED) is 0.332. The lowest BCUT2D eigenvalue weighted by Crippen LogP contribution is -2.60. The Labute approximate surface area is 248 Å². The van der Waals surface area contributed by atoms with Gasteiger partial charge >= 0.3 is 12.1 Å². The molecule has 3 amide bonds. The largest absolute Gasteiger partial charge is 0.508 e. The summed E-state index contributed by atoms with van der Waals surface area (Å²) in [5.74, 6) is -1.65. The highest BCUT2D eigenvalue weighted by atomic mass is 16.6. The van der Waals surface area contributed by atoms with Gasteiger partial charge in [-0.3, -0.25) is 14.4 Å². The molecule has 0 spiro atoms. The summed E-state index contributed by atoms with van der Waals surface area (Å²) < 4.78 is 10.2. The van der Waals surface area contributed by atoms with Gasteiger partial charge in [-0.2, -0.15) is 0 Å². The summed E-state index contributed by atoms with van der Waals surface area (Å²) in [5.41, 5.74) is 1.24. The van der Waals surface area contributed by atoms with E-state index in [1.165, 1.54) is 24.1 Å². The molecule has 0 radical (unpaired) electrons. The van der Waals surface area contributed by atoms with Crippen LogP contribution in [0.15, 0.2) is 42.5 Å². The average molecular weight is 584 g/mol. The van der Waals surface area contributed by atoms with Gasteiger partial charge in [0.2, 0.25) is 11.8 Å². The van der Waals surface area contributed by atoms with E-state index in [4.69, 9.17) is 9.47 Å². The topological polar surface area (TPSA) is 134 Å². The molecule has 2 aromatic carbocycles. The minimum Gasteiger partial charge on any atom is -0.508 e. The Balaban J connectivity index is 2.71. The third-order valence-electron chi connectivity index (χ3n) is 6.99. The Morgan fingerprint density at radius 3 is 2.14 bits per heavy atom. The van der Waals surface area contributed by atoms with Crippen LogP contribution in [0.5, 0.6) is 5.75 Å². The summed E-state index contributed by atoms with van der Waals surface area (Å²) in [5, 5.41) is 15.1. The zero-order valence-corrected chi connectivity index (χ0v) is 26.2. The predicted molar refractivity (Wildman–Crippen MR) is 160 cm³/mol. The number of nitrogens with zero attached hydrogens (tertiary/aromatic N) is 1. The Morgan fingerprint density at radius 2 is 1.60 bits per heavy atom. The molecule has 0 saturated carbocycles. The normalized spacial score (nSPS) is 13.0. The Morgan fingerprint density at radius 1 is 0.976 bits per heavy atom. The predicted octanol–water partition coefficient (Wildman–Crippen LogP) is 4.49. The zero-order valence-electron chi connectivity index (χ0n) is 26.2. The maximum Gasteiger partial charge on any atom is 0.408 e. The molecule has 0 heterocycles. The van der Waals surface area contributed by atoms with E-state index in [9.17, 15) is 24.3 Å². The number of ether oxygens (including phenoxy) is 2. The first kappa shape index (κ1) is 34.1. The van der Waals surface area contributed by atoms with Crippen molar-refractivity contribution in [3.8, 4) is 5.75 Å². The summed E-state index contributed by atoms with van der Waals surface area (Å²) in [4.78, 5) is 55.0. The van der Waals surface area contributed by atoms with Crippen LogP contribution in [0.3, 0.4) is 0 Å². The number of carbonyl (C=O) groups is 4. The van der Waals surface area contributed by atoms with Crippen LogP contribution >= 0.6 is 0 Å². The van der Waals surface area contributed by atoms with Crippen molar-refractivity contribution in [3.63, 3.8) is 0 Å². The van der Waals surface area contributed by atoms with Crippen molar-refractivity contribution in [2.24, 2.45) is 0 Å². The number of amides is 3. The number of alkyl carbamates (subject to hydrolysis) is 1. The number of methoxy groups -OCH3 is 1. The number of nitrogens with one attached hydrogen (secondary N) is 2. The molecule has 0 aliphatic rings. The second kappa shape index (κ2) is 14.2. The Hall–Kier alpha value is -4.08. The van der Waals surface area contributed by atoms with Crippen LogP contribution in [0.4, 0.5) is 4.79 Å². The number of benzene rings is 2. The van der Waals surface area contributed by atoms with E-state index in [0.29, 0.717) is 17.5 Å². The van der Waals surface area contributed by atoms with E-state index >= 15 is 0 Å². The van der Waals surface area contributed by atoms with Crippen molar-refractivity contribution in [2.45, 2.75) is 91.5 Å². The summed E-state index contributed by atoms with van der Waals surface area (Å²) in [7, 11) is 1.23. The highest BCUT2D eigenvalue weighted by Gasteiger charge is 2.43. The van der Waals surface area contributed by atoms with Crippen LogP contribution in [0.2, 0.25) is 0 Å². The van der Waals surface area contributed by atoms with E-state index in [-0.39, 0.29) is 18.7 Å². The van der Waals surface area contributed by atoms with Crippen molar-refractivity contribution >= 4 is 23.9 Å². The number of aryl methyl sites for hydroxylation is 2. The molecule has 10 nitrogen and oxygen atoms in total. The molecule has 2 unspecified atom stereocenters. The minimum atomic E-state index is -1.14. The third-order valence-corrected chi connectivity index (χ3v) is 6.99. The van der Waals surface area contributed by atoms with E-state index in [2.05, 4.69) is 10.6 Å². The zero-order chi connectivity index (χ0) is 31.8. The van der Waals surface area contributed by atoms with Gasteiger partial charge in [-0.1, -0.05) is 42.8 Å². The molecule has 0 fully saturated rings. The highest BCUT2D eigenvalue weighted by molar-refractivity contribution is 5.94. The number of phenolic OH excluding ortho intramolecular Hbond substituents is 1. The molecule has 0 saturated heterocycles. The molecule has 2 atom stereocenters. The number of hydrogen-bond acceptors (Lipinski definition) is 7. The highest BCUT2D eigenvalue weighted by Crippen LogP contribution is 2.34. The number of rotatable bonds is 11. The molecule has 2 aromatic rings. The SMILES string of the molecule is CCC(C)(C)N(C(=O)C(Cc1ccc(O)cc1)NC(=O)OC(C)(C)C)C(C(=O)NCC(=O)OC)c1cc(C)ccc1C. The molecular formula is C32H45N3O7. The van der Waals surface area contributed by atoms with Crippen LogP contribution in [-0.4, -0.2) is 64.7 Å². The maximum absolute atomic E-state index is 14.7. The van der Waals surface area contributed by atoms with Crippen molar-refractivity contribution in [3.05, 3.63) is 64.7 Å². The molecule has 2 rings (SSSR count). The lowest BCUT2D eigenvalue weighted by molar-refractivity contribution is -0.150. The summed E-state index contributed by atoms with van der Waals surface area (Å²) in [6.45, 7) is 14.1. The molecule has 0 aliphatic heterocycles. The van der Waals surface area contributed by atoms with Crippen molar-refractivity contribution < 1.29 is 33.8 Å². The molecule has 0 aliphatic carbocycles. The second-order valence-corrected chi connectivity index (χ2v) is 12.0. The minimum absolute atomic E-state index is 0.0627. The molecule has 3 N–H and O–H groups in total. The summed E-state index contributed by atoms with van der Waals surface area (Å²) in [6, 6.07) is 9.68. The molecule has 230 valence electrons. The van der Waals surface area contributed by atoms with Gasteiger partial charge in [-0.15, -0.1) is 0 Å². The van der Waals surface area contributed by atoms with Gasteiger partial charge in [0.05, 0.1) is 7.11 Å². The average Bonchev–Trinajstić information content (AvgIpc) is 2.90. The lowest BCUT2D eigenvalue weighted by Gasteiger charge is -2.45. The van der Waals surface area contributed by atoms with Gasteiger partial charge in [0.15, 0.2) is 0 Å². The van der Waals surface area contributed by atoms with E-state index in [1.54, 1.807) is 32.9 Å². The standard InChI is InChI=1S/C32H45N3O7/c1-10-32(7,8)35(27(28(38)33-19-26(37)41-9)24-17-20(2)11-12-21(24)3)29(39)25(34-30(40)42-31(4,5)6)18-22-13-15-23(36)16-14-22/h11-17,25,27,36H,10,18-19H2,1-9H3,(H,33,38)(H,34,40). The fourth-order valence-corrected chi connectivity index (χ4v) is 4.41. The number of esters is 1. The summed E-state index contributed by atoms with van der Waals surface area (Å²) >= 11 is 0. The van der Waals surface area contributed by atoms with Gasteiger partial charge in [0.25, 0.3) is 0 Å². The van der Waals surface area contributed by atoms with Gasteiger partial charge in [0.1, 0.15) is 30.0 Å². The molecule has 42 heavy (non-hydrogen) atoms. The van der Waals surface area contributed by atoms with Crippen molar-refractivity contribution in [2.75, 3.05) is 13.7 Å². The third kappa shape index (κ3) is 9.49. The van der Waals surface area contributed by atoms with Gasteiger partial charge in [-0.05, 0) is 83.7 Å². The first-order valence-corrected chi connectivity index (χ1v) is 14.0. The number of aromatic hydroxyl groups is 1. The van der Waals surface area contributed by atoms with Gasteiger partial charge < -0.3 is 30.1 Å². The number of carbonyl (C=O) groups excluding carboxylic acids is 4. The molecule has 0 bridgehead atoms. The van der Waals surface area contributed by atoms with Crippen molar-refractivity contribution in [1.29, 1.82) is 0 Å². The molecular weight excluding hydrogens is 538 g/mol. The van der Waals surface area contributed by atoms with Gasteiger partial charge in [-0.25, -0.2) is 4.79 Å². The number of hydrogen-bond donors (Lipinski definition) is 3. The van der Waals surface area contributed by atoms with Crippen LogP contribution in [-0.2, 0) is 30.3 Å². The van der Waals surface area contributed by atoms with Crippen LogP contribution in [0, 0.1) is 13.8 Å². The monoisotopic (exact) mass is 583 g/mol. The van der Waals surface area contributed by atoms with Crippen LogP contribution in [0.1, 0.15) is 76.3 Å². The first-order valence-electron chi connectivity index (χ1n) is 14.0. The fraction of sp³-hybridized carbons (Fsp3) is 0.500. The summed E-state index contributed by atoms with van der Waals surface area (Å²) in [6.07, 6.45) is -0.243. The van der Waals surface area contributed by atoms with Crippen LogP contribution in [0.25, 0.3) is 0 Å². The van der Waals surface area contributed by atoms with E-state index in [1.807, 2.05) is 52.8 Å². The van der Waals surface area contributed by atoms with E-state index in [0.717, 1.165) is 11.1 Å².